The molecule has 8 heteroatoms. The Kier molecular flexibility index (Phi) is 4.31. The van der Waals surface area contributed by atoms with Gasteiger partial charge in [-0.2, -0.15) is 5.10 Å². The molecule has 3 aromatic rings. The molecule has 0 saturated carbocycles. The van der Waals surface area contributed by atoms with E-state index in [1.807, 2.05) is 17.5 Å². The van der Waals surface area contributed by atoms with Gasteiger partial charge in [0.15, 0.2) is 0 Å². The number of nitrogens with one attached hydrogen (secondary N) is 2. The molecule has 0 bridgehead atoms. The molecule has 0 aliphatic heterocycles. The van der Waals surface area contributed by atoms with E-state index in [0.717, 1.165) is 10.6 Å². The van der Waals surface area contributed by atoms with Gasteiger partial charge < -0.3 is 9.73 Å². The lowest BCUT2D eigenvalue weighted by Gasteiger charge is -1.99. The molecule has 0 radical (unpaired) electrons. The van der Waals surface area contributed by atoms with Crippen LogP contribution in [0.4, 0.5) is 10.1 Å². The average Bonchev–Trinajstić information content (AvgIpc) is 3.18. The van der Waals surface area contributed by atoms with Crippen LogP contribution in [0.2, 0.25) is 0 Å². The molecule has 2 N–H and O–H groups in total. The zero-order valence-corrected chi connectivity index (χ0v) is 13.2. The highest BCUT2D eigenvalue weighted by molar-refractivity contribution is 7.21. The summed E-state index contributed by atoms with van der Waals surface area (Å²) >= 11 is 2.90. The molecule has 3 heterocycles. The van der Waals surface area contributed by atoms with E-state index in [9.17, 15) is 4.79 Å². The van der Waals surface area contributed by atoms with Gasteiger partial charge >= 0.3 is 0 Å². The lowest BCUT2D eigenvalue weighted by Crippen LogP contribution is -2.04. The van der Waals surface area contributed by atoms with Crippen molar-refractivity contribution in [3.05, 3.63) is 41.7 Å². The average molecular weight is 332 g/mol. The van der Waals surface area contributed by atoms with Crippen molar-refractivity contribution in [3.63, 3.8) is 0 Å². The fourth-order valence-electron chi connectivity index (χ4n) is 1.71. The number of anilines is 2. The quantitative estimate of drug-likeness (QED) is 0.549. The number of carbonyl (C=O) groups excluding carboxylic acids is 1. The van der Waals surface area contributed by atoms with E-state index < -0.39 is 0 Å². The van der Waals surface area contributed by atoms with Crippen LogP contribution in [0.1, 0.15) is 12.7 Å². The molecular formula is C14H12N4O2S2. The Morgan fingerprint density at radius 3 is 3.00 bits per heavy atom. The third kappa shape index (κ3) is 3.41. The first-order valence-corrected chi connectivity index (χ1v) is 8.07. The molecule has 0 aliphatic rings. The highest BCUT2D eigenvalue weighted by Gasteiger charge is 2.14. The maximum absolute atomic E-state index is 11.3. The molecule has 0 atom stereocenters. The highest BCUT2D eigenvalue weighted by Crippen LogP contribution is 2.37. The molecule has 1 amide bonds. The number of hydrogen-bond acceptors (Lipinski definition) is 7. The van der Waals surface area contributed by atoms with Crippen LogP contribution in [0.5, 0.6) is 0 Å². The first-order chi connectivity index (χ1) is 10.7. The lowest BCUT2D eigenvalue weighted by molar-refractivity contribution is -0.114. The second-order valence-electron chi connectivity index (χ2n) is 4.24. The molecule has 0 unspecified atom stereocenters. The molecule has 3 aromatic heterocycles. The summed E-state index contributed by atoms with van der Waals surface area (Å²) in [4.78, 5) is 16.8. The molecule has 0 saturated heterocycles. The van der Waals surface area contributed by atoms with E-state index >= 15 is 0 Å². The predicted octanol–water partition coefficient (Wildman–Crippen LogP) is 3.87. The topological polar surface area (TPSA) is 79.5 Å². The monoisotopic (exact) mass is 332 g/mol. The third-order valence-corrected chi connectivity index (χ3v) is 4.32. The summed E-state index contributed by atoms with van der Waals surface area (Å²) in [7, 11) is 0. The highest BCUT2D eigenvalue weighted by atomic mass is 32.1. The van der Waals surface area contributed by atoms with Crippen LogP contribution in [-0.2, 0) is 4.79 Å². The first-order valence-electron chi connectivity index (χ1n) is 6.37. The summed E-state index contributed by atoms with van der Waals surface area (Å²) in [6.45, 7) is 1.47. The Labute approximate surface area is 134 Å². The molecular weight excluding hydrogens is 320 g/mol. The van der Waals surface area contributed by atoms with E-state index in [-0.39, 0.29) is 5.91 Å². The second-order valence-corrected chi connectivity index (χ2v) is 6.19. The SMILES string of the molecule is CC(=O)Nc1sc(NN=Cc2ccco2)nc1-c1cccs1. The first kappa shape index (κ1) is 14.5. The van der Waals surface area contributed by atoms with E-state index in [0.29, 0.717) is 15.9 Å². The normalized spacial score (nSPS) is 11.0. The Balaban J connectivity index is 1.81. The number of thiazole rings is 1. The summed E-state index contributed by atoms with van der Waals surface area (Å²) < 4.78 is 5.15. The van der Waals surface area contributed by atoms with E-state index in [4.69, 9.17) is 4.42 Å². The van der Waals surface area contributed by atoms with Gasteiger partial charge in [-0.15, -0.1) is 11.3 Å². The Bertz CT molecular complexity index is 776. The van der Waals surface area contributed by atoms with Gasteiger partial charge in [-0.1, -0.05) is 17.4 Å². The number of thiophene rings is 1. The second kappa shape index (κ2) is 6.54. The molecule has 0 fully saturated rings. The van der Waals surface area contributed by atoms with E-state index in [2.05, 4.69) is 20.8 Å². The third-order valence-electron chi connectivity index (χ3n) is 2.57. The fraction of sp³-hybridized carbons (Fsp3) is 0.0714. The van der Waals surface area contributed by atoms with Crippen molar-refractivity contribution < 1.29 is 9.21 Å². The minimum Gasteiger partial charge on any atom is -0.463 e. The van der Waals surface area contributed by atoms with Gasteiger partial charge in [0.25, 0.3) is 0 Å². The Morgan fingerprint density at radius 1 is 1.41 bits per heavy atom. The largest absolute Gasteiger partial charge is 0.463 e. The number of carbonyl (C=O) groups is 1. The zero-order chi connectivity index (χ0) is 15.4. The van der Waals surface area contributed by atoms with Gasteiger partial charge in [0, 0.05) is 6.92 Å². The maximum Gasteiger partial charge on any atom is 0.221 e. The van der Waals surface area contributed by atoms with Crippen molar-refractivity contribution in [2.75, 3.05) is 10.7 Å². The summed E-state index contributed by atoms with van der Waals surface area (Å²) in [5.74, 6) is 0.511. The number of nitrogens with zero attached hydrogens (tertiary/aromatic N) is 2. The van der Waals surface area contributed by atoms with Crippen LogP contribution >= 0.6 is 22.7 Å². The van der Waals surface area contributed by atoms with Crippen molar-refractivity contribution in [3.8, 4) is 10.6 Å². The van der Waals surface area contributed by atoms with Crippen molar-refractivity contribution in [1.29, 1.82) is 0 Å². The number of hydrogen-bond donors (Lipinski definition) is 2. The molecule has 22 heavy (non-hydrogen) atoms. The summed E-state index contributed by atoms with van der Waals surface area (Å²) in [5.41, 5.74) is 3.59. The Morgan fingerprint density at radius 2 is 2.32 bits per heavy atom. The van der Waals surface area contributed by atoms with Gasteiger partial charge in [0.2, 0.25) is 11.0 Å². The van der Waals surface area contributed by atoms with E-state index in [1.54, 1.807) is 35.9 Å². The summed E-state index contributed by atoms with van der Waals surface area (Å²) in [6.07, 6.45) is 3.14. The number of hydrazone groups is 1. The van der Waals surface area contributed by atoms with Gasteiger partial charge in [0.1, 0.15) is 16.5 Å². The molecule has 112 valence electrons. The molecule has 0 aromatic carbocycles. The van der Waals surface area contributed by atoms with Crippen LogP contribution in [0.25, 0.3) is 10.6 Å². The van der Waals surface area contributed by atoms with Crippen LogP contribution in [0, 0.1) is 0 Å². The van der Waals surface area contributed by atoms with Crippen molar-refractivity contribution in [2.24, 2.45) is 5.10 Å². The minimum atomic E-state index is -0.132. The standard InChI is InChI=1S/C14H12N4O2S2/c1-9(19)16-13-12(11-5-3-7-21-11)17-14(22-13)18-15-8-10-4-2-6-20-10/h2-8H,1H3,(H,16,19)(H,17,18). The molecule has 3 rings (SSSR count). The van der Waals surface area contributed by atoms with Gasteiger partial charge in [0.05, 0.1) is 17.4 Å². The fourth-order valence-corrected chi connectivity index (χ4v) is 3.37. The number of aromatic nitrogens is 1. The summed E-state index contributed by atoms with van der Waals surface area (Å²) in [6, 6.07) is 7.49. The number of furan rings is 1. The number of amides is 1. The molecule has 0 aliphatic carbocycles. The molecule has 6 nitrogen and oxygen atoms in total. The predicted molar refractivity (Wildman–Crippen MR) is 89.7 cm³/mol. The lowest BCUT2D eigenvalue weighted by atomic mass is 10.3. The number of rotatable bonds is 5. The zero-order valence-electron chi connectivity index (χ0n) is 11.6. The van der Waals surface area contributed by atoms with Crippen LogP contribution in [0.15, 0.2) is 45.4 Å². The van der Waals surface area contributed by atoms with Crippen molar-refractivity contribution in [1.82, 2.24) is 4.98 Å². The van der Waals surface area contributed by atoms with Crippen LogP contribution in [-0.4, -0.2) is 17.1 Å². The van der Waals surface area contributed by atoms with E-state index in [1.165, 1.54) is 18.3 Å². The van der Waals surface area contributed by atoms with Crippen molar-refractivity contribution >= 4 is 44.9 Å². The Hall–Kier alpha value is -2.45. The minimum absolute atomic E-state index is 0.132. The maximum atomic E-state index is 11.3. The summed E-state index contributed by atoms with van der Waals surface area (Å²) in [5, 5.41) is 10.1. The van der Waals surface area contributed by atoms with Crippen molar-refractivity contribution in [2.45, 2.75) is 6.92 Å². The van der Waals surface area contributed by atoms with Gasteiger partial charge in [-0.25, -0.2) is 4.98 Å². The van der Waals surface area contributed by atoms with Gasteiger partial charge in [-0.3, -0.25) is 10.2 Å². The molecule has 0 spiro atoms. The van der Waals surface area contributed by atoms with Crippen LogP contribution < -0.4 is 10.7 Å². The smallest absolute Gasteiger partial charge is 0.221 e. The van der Waals surface area contributed by atoms with Gasteiger partial charge in [-0.05, 0) is 23.6 Å². The van der Waals surface area contributed by atoms with Crippen LogP contribution in [0.3, 0.4) is 0 Å².